The number of carbonyl (C=O) groups is 2. The van der Waals surface area contributed by atoms with Gasteiger partial charge in [-0.2, -0.15) is 0 Å². The van der Waals surface area contributed by atoms with E-state index < -0.39 is 27.8 Å². The van der Waals surface area contributed by atoms with E-state index in [1.165, 1.54) is 11.8 Å². The van der Waals surface area contributed by atoms with E-state index in [2.05, 4.69) is 0 Å². The zero-order valence-corrected chi connectivity index (χ0v) is 17.3. The molecular formula is C19H22ClNO6S. The minimum Gasteiger partial charge on any atom is -0.488 e. The first-order valence-electron chi connectivity index (χ1n) is 9.05. The zero-order chi connectivity index (χ0) is 20.5. The second-order valence-electron chi connectivity index (χ2n) is 6.87. The van der Waals surface area contributed by atoms with Gasteiger partial charge in [0.05, 0.1) is 17.1 Å². The lowest BCUT2D eigenvalue weighted by atomic mass is 10.1. The minimum absolute atomic E-state index is 0.0345. The normalized spacial score (nSPS) is 21.1. The van der Waals surface area contributed by atoms with Crippen LogP contribution in [0.2, 0.25) is 5.02 Å². The van der Waals surface area contributed by atoms with Gasteiger partial charge in [0.25, 0.3) is 5.91 Å². The van der Waals surface area contributed by atoms with Crippen molar-refractivity contribution in [1.29, 1.82) is 0 Å². The van der Waals surface area contributed by atoms with Crippen LogP contribution >= 0.6 is 11.6 Å². The third kappa shape index (κ3) is 4.50. The Morgan fingerprint density at radius 1 is 1.39 bits per heavy atom. The summed E-state index contributed by atoms with van der Waals surface area (Å²) in [6, 6.07) is 4.71. The molecule has 9 heteroatoms. The Morgan fingerprint density at radius 3 is 2.79 bits per heavy atom. The third-order valence-electron chi connectivity index (χ3n) is 4.85. The molecule has 0 saturated carbocycles. The van der Waals surface area contributed by atoms with Crippen LogP contribution in [0.3, 0.4) is 0 Å². The number of carbonyl (C=O) groups excluding carboxylic acids is 2. The van der Waals surface area contributed by atoms with Gasteiger partial charge in [0.2, 0.25) is 0 Å². The smallest absolute Gasteiger partial charge is 0.338 e. The largest absolute Gasteiger partial charge is 0.488 e. The molecule has 0 bridgehead atoms. The predicted octanol–water partition coefficient (Wildman–Crippen LogP) is 2.08. The number of hydrogen-bond donors (Lipinski definition) is 0. The Morgan fingerprint density at radius 2 is 2.14 bits per heavy atom. The molecule has 2 aliphatic heterocycles. The molecule has 1 fully saturated rings. The minimum atomic E-state index is -3.12. The Hall–Kier alpha value is -2.06. The van der Waals surface area contributed by atoms with Crippen LogP contribution < -0.4 is 4.74 Å². The Labute approximate surface area is 169 Å². The van der Waals surface area contributed by atoms with Gasteiger partial charge in [0, 0.05) is 23.2 Å². The van der Waals surface area contributed by atoms with Crippen molar-refractivity contribution in [3.8, 4) is 5.75 Å². The van der Waals surface area contributed by atoms with Crippen molar-refractivity contribution < 1.29 is 27.5 Å². The van der Waals surface area contributed by atoms with E-state index in [4.69, 9.17) is 21.1 Å². The summed E-state index contributed by atoms with van der Waals surface area (Å²) < 4.78 is 34.3. The van der Waals surface area contributed by atoms with Crippen LogP contribution in [0.15, 0.2) is 23.8 Å². The van der Waals surface area contributed by atoms with Crippen molar-refractivity contribution in [1.82, 2.24) is 4.90 Å². The monoisotopic (exact) mass is 427 g/mol. The lowest BCUT2D eigenvalue weighted by Crippen LogP contribution is -2.46. The fraction of sp³-hybridized carbons (Fsp3) is 0.474. The van der Waals surface area contributed by atoms with Crippen molar-refractivity contribution in [2.75, 3.05) is 24.7 Å². The lowest BCUT2D eigenvalue weighted by Gasteiger charge is -2.29. The number of hydrogen-bond acceptors (Lipinski definition) is 6. The van der Waals surface area contributed by atoms with E-state index in [9.17, 15) is 18.0 Å². The first-order chi connectivity index (χ1) is 13.2. The van der Waals surface area contributed by atoms with Crippen LogP contribution in [0.5, 0.6) is 5.75 Å². The van der Waals surface area contributed by atoms with Crippen molar-refractivity contribution in [3.63, 3.8) is 0 Å². The van der Waals surface area contributed by atoms with E-state index in [1.54, 1.807) is 31.2 Å². The van der Waals surface area contributed by atoms with Gasteiger partial charge in [-0.25, -0.2) is 13.2 Å². The molecule has 2 unspecified atom stereocenters. The van der Waals surface area contributed by atoms with Crippen molar-refractivity contribution in [3.05, 3.63) is 34.4 Å². The van der Waals surface area contributed by atoms with Gasteiger partial charge in [-0.1, -0.05) is 11.6 Å². The van der Waals surface area contributed by atoms with Crippen molar-refractivity contribution in [2.24, 2.45) is 0 Å². The predicted molar refractivity (Wildman–Crippen MR) is 105 cm³/mol. The van der Waals surface area contributed by atoms with Gasteiger partial charge < -0.3 is 14.4 Å². The average molecular weight is 428 g/mol. The summed E-state index contributed by atoms with van der Waals surface area (Å²) in [4.78, 5) is 26.7. The first-order valence-corrected chi connectivity index (χ1v) is 11.2. The lowest BCUT2D eigenvalue weighted by molar-refractivity contribution is -0.157. The number of likely N-dealkylation sites (N-methyl/N-ethyl adjacent to an activating group) is 1. The maximum Gasteiger partial charge on any atom is 0.338 e. The summed E-state index contributed by atoms with van der Waals surface area (Å²) in [5.41, 5.74) is 0.942. The fourth-order valence-electron chi connectivity index (χ4n) is 3.40. The first kappa shape index (κ1) is 20.7. The molecule has 1 amide bonds. The summed E-state index contributed by atoms with van der Waals surface area (Å²) in [5.74, 6) is -0.420. The molecular weight excluding hydrogens is 406 g/mol. The molecule has 0 radical (unpaired) electrons. The van der Waals surface area contributed by atoms with E-state index >= 15 is 0 Å². The maximum absolute atomic E-state index is 12.7. The summed E-state index contributed by atoms with van der Waals surface area (Å²) in [6.07, 6.45) is 1.00. The third-order valence-corrected chi connectivity index (χ3v) is 6.84. The number of rotatable bonds is 5. The van der Waals surface area contributed by atoms with Crippen molar-refractivity contribution in [2.45, 2.75) is 32.4 Å². The van der Waals surface area contributed by atoms with Gasteiger partial charge >= 0.3 is 5.97 Å². The number of benzene rings is 1. The summed E-state index contributed by atoms with van der Waals surface area (Å²) in [5, 5.41) is 0.516. The molecule has 2 atom stereocenters. The molecule has 1 aromatic rings. The number of ether oxygens (including phenoxy) is 2. The highest BCUT2D eigenvalue weighted by Crippen LogP contribution is 2.29. The van der Waals surface area contributed by atoms with Crippen LogP contribution in [-0.2, 0) is 24.2 Å². The van der Waals surface area contributed by atoms with Gasteiger partial charge in [-0.3, -0.25) is 4.79 Å². The van der Waals surface area contributed by atoms with Gasteiger partial charge in [-0.15, -0.1) is 0 Å². The SMILES string of the molecule is CCN(C(=O)C(C)OC(=O)C1=Cc2cc(Cl)ccc2OC1)C1CCS(=O)(=O)C1. The molecule has 2 aliphatic rings. The number of esters is 1. The molecule has 3 rings (SSSR count). The molecule has 0 N–H and O–H groups in total. The number of sulfone groups is 1. The van der Waals surface area contributed by atoms with E-state index in [0.717, 1.165) is 0 Å². The second kappa shape index (κ2) is 8.13. The highest BCUT2D eigenvalue weighted by atomic mass is 35.5. The van der Waals surface area contributed by atoms with E-state index in [-0.39, 0.29) is 29.7 Å². The van der Waals surface area contributed by atoms with Crippen molar-refractivity contribution >= 4 is 39.4 Å². The molecule has 7 nitrogen and oxygen atoms in total. The molecule has 152 valence electrons. The maximum atomic E-state index is 12.7. The molecule has 0 spiro atoms. The highest BCUT2D eigenvalue weighted by Gasteiger charge is 2.36. The van der Waals surface area contributed by atoms with Gasteiger partial charge in [0.1, 0.15) is 12.4 Å². The van der Waals surface area contributed by atoms with E-state index in [0.29, 0.717) is 29.3 Å². The highest BCUT2D eigenvalue weighted by molar-refractivity contribution is 7.91. The molecule has 0 aromatic heterocycles. The number of nitrogens with zero attached hydrogens (tertiary/aromatic N) is 1. The molecule has 28 heavy (non-hydrogen) atoms. The fourth-order valence-corrected chi connectivity index (χ4v) is 5.31. The van der Waals surface area contributed by atoms with Crippen LogP contribution in [0, 0.1) is 0 Å². The standard InChI is InChI=1S/C19H22ClNO6S/c1-3-21(16-6-7-28(24,25)11-16)18(22)12(2)27-19(23)14-8-13-9-15(20)4-5-17(13)26-10-14/h4-5,8-9,12,16H,3,6-7,10-11H2,1-2H3. The second-order valence-corrected chi connectivity index (χ2v) is 9.53. The van der Waals surface area contributed by atoms with Crippen LogP contribution in [0.1, 0.15) is 25.8 Å². The number of halogens is 1. The summed E-state index contributed by atoms with van der Waals surface area (Å²) in [6.45, 7) is 3.64. The zero-order valence-electron chi connectivity index (χ0n) is 15.7. The molecule has 1 saturated heterocycles. The van der Waals surface area contributed by atoms with Gasteiger partial charge in [-0.05, 0) is 44.5 Å². The Bertz CT molecular complexity index is 926. The van der Waals surface area contributed by atoms with Crippen LogP contribution in [-0.4, -0.2) is 62.0 Å². The number of amides is 1. The molecule has 1 aromatic carbocycles. The van der Waals surface area contributed by atoms with E-state index in [1.807, 2.05) is 0 Å². The number of fused-ring (bicyclic) bond motifs is 1. The van der Waals surface area contributed by atoms with Gasteiger partial charge in [0.15, 0.2) is 15.9 Å². The quantitative estimate of drug-likeness (QED) is 0.668. The van der Waals surface area contributed by atoms with Crippen LogP contribution in [0.4, 0.5) is 0 Å². The topological polar surface area (TPSA) is 90.0 Å². The Balaban J connectivity index is 1.67. The summed E-state index contributed by atoms with van der Waals surface area (Å²) in [7, 11) is -3.12. The van der Waals surface area contributed by atoms with Crippen LogP contribution in [0.25, 0.3) is 6.08 Å². The Kier molecular flexibility index (Phi) is 6.00. The average Bonchev–Trinajstić information content (AvgIpc) is 3.00. The molecule has 2 heterocycles. The molecule has 0 aliphatic carbocycles. The summed E-state index contributed by atoms with van der Waals surface area (Å²) >= 11 is 5.97.